The van der Waals surface area contributed by atoms with Gasteiger partial charge in [0.1, 0.15) is 11.8 Å². The van der Waals surface area contributed by atoms with Crippen LogP contribution in [0.3, 0.4) is 0 Å². The molecule has 0 aliphatic heterocycles. The van der Waals surface area contributed by atoms with Crippen molar-refractivity contribution in [3.63, 3.8) is 0 Å². The summed E-state index contributed by atoms with van der Waals surface area (Å²) in [6, 6.07) is 12.2. The van der Waals surface area contributed by atoms with Gasteiger partial charge in [0.05, 0.1) is 10.7 Å². The van der Waals surface area contributed by atoms with E-state index in [0.29, 0.717) is 21.5 Å². The normalized spacial score (nSPS) is 12.1. The summed E-state index contributed by atoms with van der Waals surface area (Å²) in [5, 5.41) is 17.4. The number of carbonyl (C=O) groups excluding carboxylic acids is 1. The number of benzene rings is 2. The van der Waals surface area contributed by atoms with E-state index in [0.717, 1.165) is 5.69 Å². The van der Waals surface area contributed by atoms with Gasteiger partial charge in [-0.2, -0.15) is 5.10 Å². The van der Waals surface area contributed by atoms with Gasteiger partial charge in [0.25, 0.3) is 5.91 Å². The molecule has 0 heterocycles. The standard InChI is InChI=1S/C17H17BrClN3O2/c1-2-15(21-13-6-4-3-5-7-13)17(24)22-20-10-11-8-12(19)9-14(18)16(11)23/h3-10,15,21,23H,2H2,1H3,(H,22,24)/b20-10+. The smallest absolute Gasteiger partial charge is 0.262 e. The summed E-state index contributed by atoms with van der Waals surface area (Å²) in [6.07, 6.45) is 1.95. The molecule has 2 rings (SSSR count). The zero-order chi connectivity index (χ0) is 17.5. The maximum atomic E-state index is 12.2. The van der Waals surface area contributed by atoms with Crippen molar-refractivity contribution in [3.05, 3.63) is 57.5 Å². The lowest BCUT2D eigenvalue weighted by atomic mass is 10.2. The van der Waals surface area contributed by atoms with Gasteiger partial charge in [-0.3, -0.25) is 4.79 Å². The van der Waals surface area contributed by atoms with Crippen LogP contribution in [-0.2, 0) is 4.79 Å². The molecule has 0 aromatic heterocycles. The highest BCUT2D eigenvalue weighted by Crippen LogP contribution is 2.30. The van der Waals surface area contributed by atoms with Crippen molar-refractivity contribution in [3.8, 4) is 5.75 Å². The lowest BCUT2D eigenvalue weighted by Crippen LogP contribution is -2.36. The first kappa shape index (κ1) is 18.3. The Labute approximate surface area is 153 Å². The topological polar surface area (TPSA) is 73.7 Å². The number of hydrogen-bond donors (Lipinski definition) is 3. The largest absolute Gasteiger partial charge is 0.506 e. The number of para-hydroxylation sites is 1. The third kappa shape index (κ3) is 4.97. The van der Waals surface area contributed by atoms with Gasteiger partial charge < -0.3 is 10.4 Å². The second kappa shape index (κ2) is 8.70. The Bertz CT molecular complexity index is 738. The lowest BCUT2D eigenvalue weighted by molar-refractivity contribution is -0.121. The van der Waals surface area contributed by atoms with Crippen LogP contribution in [0.5, 0.6) is 5.75 Å². The fourth-order valence-corrected chi connectivity index (χ4v) is 2.85. The van der Waals surface area contributed by atoms with Gasteiger partial charge in [0.15, 0.2) is 0 Å². The molecular formula is C17H17BrClN3O2. The van der Waals surface area contributed by atoms with Crippen molar-refractivity contribution in [2.24, 2.45) is 5.10 Å². The van der Waals surface area contributed by atoms with Gasteiger partial charge in [-0.1, -0.05) is 36.7 Å². The molecule has 0 saturated carbocycles. The average molecular weight is 411 g/mol. The van der Waals surface area contributed by atoms with Crippen LogP contribution < -0.4 is 10.7 Å². The number of aromatic hydroxyl groups is 1. The maximum Gasteiger partial charge on any atom is 0.262 e. The summed E-state index contributed by atoms with van der Waals surface area (Å²) < 4.78 is 0.458. The molecule has 126 valence electrons. The Balaban J connectivity index is 2.01. The molecule has 0 spiro atoms. The van der Waals surface area contributed by atoms with E-state index in [1.165, 1.54) is 6.21 Å². The highest BCUT2D eigenvalue weighted by atomic mass is 79.9. The molecule has 7 heteroatoms. The minimum absolute atomic E-state index is 0.00634. The molecule has 0 saturated heterocycles. The highest BCUT2D eigenvalue weighted by Gasteiger charge is 2.15. The molecule has 0 radical (unpaired) electrons. The number of nitrogens with zero attached hydrogens (tertiary/aromatic N) is 1. The minimum Gasteiger partial charge on any atom is -0.506 e. The van der Waals surface area contributed by atoms with Gasteiger partial charge in [-0.25, -0.2) is 5.43 Å². The van der Waals surface area contributed by atoms with E-state index in [1.807, 2.05) is 37.3 Å². The number of halogens is 2. The van der Waals surface area contributed by atoms with E-state index in [2.05, 4.69) is 31.8 Å². The fraction of sp³-hybridized carbons (Fsp3) is 0.176. The van der Waals surface area contributed by atoms with E-state index >= 15 is 0 Å². The van der Waals surface area contributed by atoms with Gasteiger partial charge in [-0.05, 0) is 46.6 Å². The Morgan fingerprint density at radius 2 is 2.08 bits per heavy atom. The number of hydrazone groups is 1. The third-order valence-corrected chi connectivity index (χ3v) is 4.10. The number of carbonyl (C=O) groups is 1. The molecule has 1 amide bonds. The average Bonchev–Trinajstić information content (AvgIpc) is 2.57. The van der Waals surface area contributed by atoms with E-state index < -0.39 is 6.04 Å². The summed E-state index contributed by atoms with van der Waals surface area (Å²) in [6.45, 7) is 1.91. The van der Waals surface area contributed by atoms with Crippen LogP contribution in [0.25, 0.3) is 0 Å². The Morgan fingerprint density at radius 3 is 2.75 bits per heavy atom. The fourth-order valence-electron chi connectivity index (χ4n) is 2.02. The van der Waals surface area contributed by atoms with Gasteiger partial charge >= 0.3 is 0 Å². The van der Waals surface area contributed by atoms with E-state index in [9.17, 15) is 9.90 Å². The molecule has 0 aliphatic carbocycles. The van der Waals surface area contributed by atoms with Crippen LogP contribution in [0.2, 0.25) is 5.02 Å². The molecule has 5 nitrogen and oxygen atoms in total. The summed E-state index contributed by atoms with van der Waals surface area (Å²) in [4.78, 5) is 12.2. The van der Waals surface area contributed by atoms with Gasteiger partial charge in [-0.15, -0.1) is 0 Å². The van der Waals surface area contributed by atoms with Crippen molar-refractivity contribution in [2.75, 3.05) is 5.32 Å². The summed E-state index contributed by atoms with van der Waals surface area (Å²) in [5.41, 5.74) is 3.73. The molecule has 24 heavy (non-hydrogen) atoms. The molecule has 0 aliphatic rings. The Kier molecular flexibility index (Phi) is 6.63. The molecule has 1 unspecified atom stereocenters. The first-order chi connectivity index (χ1) is 11.5. The number of phenols is 1. The van der Waals surface area contributed by atoms with E-state index in [4.69, 9.17) is 11.6 Å². The monoisotopic (exact) mass is 409 g/mol. The SMILES string of the molecule is CCC(Nc1ccccc1)C(=O)N/N=C/c1cc(Cl)cc(Br)c1O. The number of hydrogen-bond acceptors (Lipinski definition) is 4. The number of rotatable bonds is 6. The second-order valence-electron chi connectivity index (χ2n) is 5.03. The van der Waals surface area contributed by atoms with Crippen LogP contribution in [0.15, 0.2) is 52.0 Å². The quantitative estimate of drug-likeness (QED) is 0.495. The lowest BCUT2D eigenvalue weighted by Gasteiger charge is -2.16. The zero-order valence-electron chi connectivity index (χ0n) is 13.0. The maximum absolute atomic E-state index is 12.2. The first-order valence-corrected chi connectivity index (χ1v) is 8.51. The molecule has 3 N–H and O–H groups in total. The van der Waals surface area contributed by atoms with Crippen LogP contribution in [0.1, 0.15) is 18.9 Å². The minimum atomic E-state index is -0.413. The molecule has 2 aromatic carbocycles. The molecule has 1 atom stereocenters. The molecule has 0 fully saturated rings. The van der Waals surface area contributed by atoms with Crippen LogP contribution in [0, 0.1) is 0 Å². The van der Waals surface area contributed by atoms with Crippen LogP contribution in [0.4, 0.5) is 5.69 Å². The summed E-state index contributed by atoms with van der Waals surface area (Å²) >= 11 is 9.12. The van der Waals surface area contributed by atoms with Gasteiger partial charge in [0, 0.05) is 16.3 Å². The van der Waals surface area contributed by atoms with Gasteiger partial charge in [0.2, 0.25) is 0 Å². The number of amides is 1. The van der Waals surface area contributed by atoms with Crippen molar-refractivity contribution in [1.82, 2.24) is 5.43 Å². The highest BCUT2D eigenvalue weighted by molar-refractivity contribution is 9.10. The molecular weight excluding hydrogens is 394 g/mol. The predicted molar refractivity (Wildman–Crippen MR) is 101 cm³/mol. The number of nitrogens with one attached hydrogen (secondary N) is 2. The van der Waals surface area contributed by atoms with Crippen LogP contribution >= 0.6 is 27.5 Å². The summed E-state index contributed by atoms with van der Waals surface area (Å²) in [7, 11) is 0. The zero-order valence-corrected chi connectivity index (χ0v) is 15.3. The van der Waals surface area contributed by atoms with Crippen molar-refractivity contribution < 1.29 is 9.90 Å². The first-order valence-electron chi connectivity index (χ1n) is 7.33. The van der Waals surface area contributed by atoms with Crippen molar-refractivity contribution in [1.29, 1.82) is 0 Å². The third-order valence-electron chi connectivity index (χ3n) is 3.28. The van der Waals surface area contributed by atoms with E-state index in [-0.39, 0.29) is 11.7 Å². The second-order valence-corrected chi connectivity index (χ2v) is 6.32. The Morgan fingerprint density at radius 1 is 1.38 bits per heavy atom. The number of phenolic OH excluding ortho intramolecular Hbond substituents is 1. The number of anilines is 1. The van der Waals surface area contributed by atoms with Crippen molar-refractivity contribution >= 4 is 45.3 Å². The van der Waals surface area contributed by atoms with E-state index in [1.54, 1.807) is 12.1 Å². The predicted octanol–water partition coefficient (Wildman–Crippen LogP) is 4.15. The summed E-state index contributed by atoms with van der Waals surface area (Å²) in [5.74, 6) is -0.259. The van der Waals surface area contributed by atoms with Crippen LogP contribution in [-0.4, -0.2) is 23.3 Å². The Hall–Kier alpha value is -2.05. The van der Waals surface area contributed by atoms with Crippen molar-refractivity contribution in [2.45, 2.75) is 19.4 Å². The molecule has 0 bridgehead atoms. The molecule has 2 aromatic rings.